The first-order chi connectivity index (χ1) is 16.9. The number of anilines is 1. The second-order valence-electron chi connectivity index (χ2n) is 8.66. The second kappa shape index (κ2) is 7.66. The lowest BCUT2D eigenvalue weighted by Gasteiger charge is -2.51. The van der Waals surface area contributed by atoms with E-state index in [2.05, 4.69) is 5.16 Å². The number of ether oxygens (including phenoxy) is 1. The number of oxime groups is 1. The number of ketones is 1. The van der Waals surface area contributed by atoms with Crippen LogP contribution in [0, 0.1) is 5.21 Å². The molecule has 2 aromatic rings. The minimum Gasteiger partial charge on any atom is -0.622 e. The van der Waals surface area contributed by atoms with Crippen LogP contribution in [0.4, 0.5) is 11.4 Å². The normalized spacial score (nSPS) is 25.9. The number of fused-ring (bicyclic) bond motifs is 6. The van der Waals surface area contributed by atoms with Crippen LogP contribution in [-0.4, -0.2) is 48.8 Å². The third kappa shape index (κ3) is 2.99. The standard InChI is InChI=1S/C26H21N3O6/c1-34-17-8-5-15(6-9-17)24(30)22-23-20-4-2-3-12-29(20,33)21-14-16(18-11-13-35-27-18)7-10-19(21)28(23)26(32)25(22)31/h2-10,14,23,30H,11-13H2,1H3. The van der Waals surface area contributed by atoms with Gasteiger partial charge < -0.3 is 19.9 Å². The fourth-order valence-corrected chi connectivity index (χ4v) is 5.10. The number of aliphatic hydroxyl groups is 1. The molecule has 0 saturated carbocycles. The summed E-state index contributed by atoms with van der Waals surface area (Å²) in [5.41, 5.74) is 2.67. The highest BCUT2D eigenvalue weighted by Crippen LogP contribution is 2.51. The third-order valence-corrected chi connectivity index (χ3v) is 6.83. The molecule has 0 aromatic heterocycles. The number of carbonyl (C=O) groups is 2. The van der Waals surface area contributed by atoms with Gasteiger partial charge >= 0.3 is 5.91 Å². The largest absolute Gasteiger partial charge is 0.622 e. The van der Waals surface area contributed by atoms with E-state index in [1.165, 1.54) is 12.0 Å². The lowest BCUT2D eigenvalue weighted by atomic mass is 9.93. The Morgan fingerprint density at radius 2 is 2.03 bits per heavy atom. The first-order valence-electron chi connectivity index (χ1n) is 11.2. The lowest BCUT2D eigenvalue weighted by Crippen LogP contribution is -2.56. The molecule has 2 atom stereocenters. The number of benzene rings is 2. The summed E-state index contributed by atoms with van der Waals surface area (Å²) < 4.78 is 4.30. The van der Waals surface area contributed by atoms with Crippen molar-refractivity contribution in [1.29, 1.82) is 0 Å². The Morgan fingerprint density at radius 1 is 1.23 bits per heavy atom. The van der Waals surface area contributed by atoms with Gasteiger partial charge in [-0.15, -0.1) is 0 Å². The summed E-state index contributed by atoms with van der Waals surface area (Å²) >= 11 is 0. The van der Waals surface area contributed by atoms with Crippen LogP contribution >= 0.6 is 0 Å². The Morgan fingerprint density at radius 3 is 2.74 bits per heavy atom. The summed E-state index contributed by atoms with van der Waals surface area (Å²) in [5, 5.41) is 29.6. The molecule has 1 N–H and O–H groups in total. The number of methoxy groups -OCH3 is 1. The number of carbonyl (C=O) groups excluding carboxylic acids is 2. The quantitative estimate of drug-likeness (QED) is 0.242. The van der Waals surface area contributed by atoms with E-state index in [4.69, 9.17) is 9.57 Å². The van der Waals surface area contributed by atoms with Crippen molar-refractivity contribution in [1.82, 2.24) is 4.65 Å². The zero-order chi connectivity index (χ0) is 24.3. The summed E-state index contributed by atoms with van der Waals surface area (Å²) in [4.78, 5) is 33.0. The summed E-state index contributed by atoms with van der Waals surface area (Å²) in [6.45, 7) is 0.562. The minimum atomic E-state index is -1.02. The van der Waals surface area contributed by atoms with Gasteiger partial charge in [-0.2, -0.15) is 0 Å². The van der Waals surface area contributed by atoms with Crippen molar-refractivity contribution in [3.8, 4) is 5.75 Å². The molecule has 4 heterocycles. The van der Waals surface area contributed by atoms with E-state index in [0.717, 1.165) is 11.3 Å². The Labute approximate surface area is 200 Å². The van der Waals surface area contributed by atoms with Crippen molar-refractivity contribution < 1.29 is 24.3 Å². The topological polar surface area (TPSA) is 111 Å². The van der Waals surface area contributed by atoms with Gasteiger partial charge in [0.05, 0.1) is 18.4 Å². The number of quaternary nitrogens is 1. The van der Waals surface area contributed by atoms with Crippen LogP contribution in [-0.2, 0) is 14.4 Å². The van der Waals surface area contributed by atoms with E-state index in [9.17, 15) is 19.9 Å². The van der Waals surface area contributed by atoms with Gasteiger partial charge in [-0.1, -0.05) is 17.3 Å². The van der Waals surface area contributed by atoms with Crippen molar-refractivity contribution in [3.63, 3.8) is 0 Å². The second-order valence-corrected chi connectivity index (χ2v) is 8.66. The molecule has 9 nitrogen and oxygen atoms in total. The van der Waals surface area contributed by atoms with Crippen LogP contribution in [0.2, 0.25) is 0 Å². The average Bonchev–Trinajstić information content (AvgIpc) is 3.51. The van der Waals surface area contributed by atoms with E-state index in [1.54, 1.807) is 60.7 Å². The lowest BCUT2D eigenvalue weighted by molar-refractivity contribution is -0.132. The smallest absolute Gasteiger partial charge is 0.300 e. The molecule has 6 rings (SSSR count). The van der Waals surface area contributed by atoms with Crippen LogP contribution in [0.15, 0.2) is 77.1 Å². The molecule has 0 radical (unpaired) electrons. The van der Waals surface area contributed by atoms with Gasteiger partial charge in [-0.05, 0) is 42.5 Å². The Hall–Kier alpha value is -4.21. The molecule has 9 heteroatoms. The number of hydrogen-bond donors (Lipinski definition) is 1. The number of nitrogens with zero attached hydrogens (tertiary/aromatic N) is 3. The minimum absolute atomic E-state index is 0.0918. The number of hydrogen-bond acceptors (Lipinski definition) is 7. The van der Waals surface area contributed by atoms with Crippen LogP contribution in [0.3, 0.4) is 0 Å². The number of Topliss-reactive ketones (excluding diaryl/α,β-unsaturated/α-hetero) is 1. The number of hydroxylamine groups is 2. The molecule has 2 aromatic carbocycles. The predicted molar refractivity (Wildman–Crippen MR) is 130 cm³/mol. The van der Waals surface area contributed by atoms with Crippen molar-refractivity contribution >= 4 is 34.5 Å². The fraction of sp³-hybridized carbons (Fsp3) is 0.192. The van der Waals surface area contributed by atoms with Gasteiger partial charge in [-0.3, -0.25) is 19.1 Å². The maximum Gasteiger partial charge on any atom is 0.300 e. The highest BCUT2D eigenvalue weighted by atomic mass is 16.6. The molecule has 4 aliphatic rings. The van der Waals surface area contributed by atoms with E-state index >= 15 is 0 Å². The summed E-state index contributed by atoms with van der Waals surface area (Å²) in [6.07, 6.45) is 5.74. The van der Waals surface area contributed by atoms with Crippen LogP contribution in [0.1, 0.15) is 17.5 Å². The SMILES string of the molecule is COc1ccc(C(O)=C2C(=O)C(=O)N3c4ccc(C5=NOCC5)cc4[N+]4([O-])CC=CC=C4C23)cc1. The molecule has 35 heavy (non-hydrogen) atoms. The Balaban J connectivity index is 1.56. The van der Waals surface area contributed by atoms with Crippen molar-refractivity contribution in [2.75, 3.05) is 25.2 Å². The molecule has 1 amide bonds. The van der Waals surface area contributed by atoms with Gasteiger partial charge in [0, 0.05) is 23.6 Å². The van der Waals surface area contributed by atoms with Crippen LogP contribution in [0.25, 0.3) is 5.76 Å². The number of rotatable bonds is 3. The molecule has 0 aliphatic carbocycles. The Bertz CT molecular complexity index is 1400. The molecule has 4 aliphatic heterocycles. The molecule has 0 spiro atoms. The number of allylic oxidation sites excluding steroid dienone is 2. The first kappa shape index (κ1) is 21.3. The van der Waals surface area contributed by atoms with E-state index in [1.807, 2.05) is 0 Å². The van der Waals surface area contributed by atoms with E-state index in [-0.39, 0.29) is 23.6 Å². The summed E-state index contributed by atoms with van der Waals surface area (Å²) in [5.74, 6) is -1.38. The highest BCUT2D eigenvalue weighted by Gasteiger charge is 2.57. The zero-order valence-corrected chi connectivity index (χ0v) is 18.8. The van der Waals surface area contributed by atoms with Gasteiger partial charge in [-0.25, -0.2) is 0 Å². The highest BCUT2D eigenvalue weighted by molar-refractivity contribution is 6.52. The van der Waals surface area contributed by atoms with Gasteiger partial charge in [0.15, 0.2) is 5.69 Å². The zero-order valence-electron chi connectivity index (χ0n) is 18.8. The molecule has 1 fully saturated rings. The molecule has 0 bridgehead atoms. The fourth-order valence-electron chi connectivity index (χ4n) is 5.10. The van der Waals surface area contributed by atoms with Gasteiger partial charge in [0.1, 0.15) is 42.1 Å². The molecule has 2 unspecified atom stereocenters. The van der Waals surface area contributed by atoms with Gasteiger partial charge in [0.25, 0.3) is 5.78 Å². The first-order valence-corrected chi connectivity index (χ1v) is 11.2. The van der Waals surface area contributed by atoms with E-state index < -0.39 is 22.4 Å². The maximum atomic E-state index is 14.4. The molecular formula is C26H21N3O6. The van der Waals surface area contributed by atoms with Crippen LogP contribution < -0.4 is 14.3 Å². The van der Waals surface area contributed by atoms with Crippen molar-refractivity contribution in [2.45, 2.75) is 12.5 Å². The summed E-state index contributed by atoms with van der Waals surface area (Å²) in [7, 11) is 1.52. The number of aliphatic hydroxyl groups excluding tert-OH is 1. The summed E-state index contributed by atoms with van der Waals surface area (Å²) in [6, 6.07) is 10.6. The van der Waals surface area contributed by atoms with Gasteiger partial charge in [0.2, 0.25) is 0 Å². The van der Waals surface area contributed by atoms with Crippen molar-refractivity contribution in [2.24, 2.45) is 5.16 Å². The third-order valence-electron chi connectivity index (χ3n) is 6.83. The Kier molecular flexibility index (Phi) is 4.67. The van der Waals surface area contributed by atoms with Crippen LogP contribution in [0.5, 0.6) is 5.75 Å². The number of amides is 1. The molecular weight excluding hydrogens is 450 g/mol. The monoisotopic (exact) mass is 471 g/mol. The predicted octanol–water partition coefficient (Wildman–Crippen LogP) is 3.35. The molecule has 1 saturated heterocycles. The molecule has 176 valence electrons. The maximum absolute atomic E-state index is 14.4. The average molecular weight is 471 g/mol. The van der Waals surface area contributed by atoms with E-state index in [0.29, 0.717) is 35.7 Å². The van der Waals surface area contributed by atoms with Crippen molar-refractivity contribution in [3.05, 3.63) is 88.3 Å².